The Kier molecular flexibility index (Phi) is 4.15. The molecule has 0 rings (SSSR count). The van der Waals surface area contributed by atoms with Gasteiger partial charge in [-0.2, -0.15) is 8.42 Å². The lowest BCUT2D eigenvalue weighted by Gasteiger charge is -2.09. The van der Waals surface area contributed by atoms with Crippen LogP contribution >= 0.6 is 0 Å². The average Bonchev–Trinajstić information content (AvgIpc) is 1.84. The van der Waals surface area contributed by atoms with Crippen LogP contribution in [0.1, 0.15) is 6.42 Å². The molecule has 0 aliphatic heterocycles. The van der Waals surface area contributed by atoms with Crippen molar-refractivity contribution in [2.45, 2.75) is 6.42 Å². The molecule has 0 atom stereocenters. The Balaban J connectivity index is 3.66. The zero-order valence-corrected chi connectivity index (χ0v) is 7.89. The fourth-order valence-corrected chi connectivity index (χ4v) is 0.910. The van der Waals surface area contributed by atoms with Crippen molar-refractivity contribution in [2.24, 2.45) is 5.14 Å². The monoisotopic (exact) mass is 195 g/mol. The highest BCUT2D eigenvalue weighted by Gasteiger charge is 2.05. The maximum Gasteiger partial charge on any atom is 0.274 e. The van der Waals surface area contributed by atoms with Crippen molar-refractivity contribution in [3.8, 4) is 0 Å². The molecule has 1 amide bonds. The first-order valence-electron chi connectivity index (χ1n) is 3.30. The van der Waals surface area contributed by atoms with Gasteiger partial charge in [0.05, 0.1) is 0 Å². The van der Waals surface area contributed by atoms with Crippen LogP contribution in [0.4, 0.5) is 0 Å². The summed E-state index contributed by atoms with van der Waals surface area (Å²) in [6.07, 6.45) is 0.115. The van der Waals surface area contributed by atoms with Crippen molar-refractivity contribution < 1.29 is 13.2 Å². The number of rotatable bonds is 4. The minimum Gasteiger partial charge on any atom is -0.349 e. The normalized spacial score (nSPS) is 11.2. The third-order valence-electron chi connectivity index (χ3n) is 1.14. The first kappa shape index (κ1) is 11.3. The second-order valence-corrected chi connectivity index (χ2v) is 3.86. The molecule has 0 unspecified atom stereocenters. The van der Waals surface area contributed by atoms with Gasteiger partial charge in [0, 0.05) is 27.1 Å². The molecule has 0 heterocycles. The molecule has 0 radical (unpaired) electrons. The van der Waals surface area contributed by atoms with Crippen LogP contribution in [0.25, 0.3) is 0 Å². The van der Waals surface area contributed by atoms with Gasteiger partial charge in [0.25, 0.3) is 10.2 Å². The molecule has 0 aromatic carbocycles. The zero-order chi connectivity index (χ0) is 9.78. The Hall–Kier alpha value is -0.660. The number of carbonyl (C=O) groups excluding carboxylic acids is 1. The Morgan fingerprint density at radius 1 is 1.50 bits per heavy atom. The van der Waals surface area contributed by atoms with E-state index in [4.69, 9.17) is 0 Å². The smallest absolute Gasteiger partial charge is 0.274 e. The highest BCUT2D eigenvalue weighted by molar-refractivity contribution is 7.87. The quantitative estimate of drug-likeness (QED) is 0.557. The summed E-state index contributed by atoms with van der Waals surface area (Å²) in [6.45, 7) is 0.0375. The lowest BCUT2D eigenvalue weighted by atomic mass is 10.4. The molecule has 0 spiro atoms. The molecule has 0 fully saturated rings. The molecule has 6 nitrogen and oxygen atoms in total. The molecule has 0 saturated carbocycles. The summed E-state index contributed by atoms with van der Waals surface area (Å²) in [7, 11) is -0.473. The van der Waals surface area contributed by atoms with Gasteiger partial charge < -0.3 is 4.90 Å². The summed E-state index contributed by atoms with van der Waals surface area (Å²) in [5, 5.41) is 4.63. The molecule has 3 N–H and O–H groups in total. The molecule has 72 valence electrons. The van der Waals surface area contributed by atoms with E-state index in [1.165, 1.54) is 4.90 Å². The van der Waals surface area contributed by atoms with Crippen molar-refractivity contribution >= 4 is 16.1 Å². The van der Waals surface area contributed by atoms with Crippen LogP contribution in [0.2, 0.25) is 0 Å². The predicted molar refractivity (Wildman–Crippen MR) is 44.4 cm³/mol. The van der Waals surface area contributed by atoms with E-state index in [9.17, 15) is 13.2 Å². The summed E-state index contributed by atoms with van der Waals surface area (Å²) in [4.78, 5) is 12.3. The van der Waals surface area contributed by atoms with Crippen LogP contribution in [0, 0.1) is 0 Å². The van der Waals surface area contributed by atoms with Crippen LogP contribution in [0.5, 0.6) is 0 Å². The van der Waals surface area contributed by atoms with Crippen molar-refractivity contribution in [1.29, 1.82) is 0 Å². The topological polar surface area (TPSA) is 92.5 Å². The third kappa shape index (κ3) is 6.08. The van der Waals surface area contributed by atoms with E-state index in [-0.39, 0.29) is 18.9 Å². The number of hydrogen-bond donors (Lipinski definition) is 2. The second-order valence-electron chi connectivity index (χ2n) is 2.48. The van der Waals surface area contributed by atoms with E-state index in [1.807, 2.05) is 4.72 Å². The molecule has 0 aromatic heterocycles. The molecule has 0 saturated heterocycles. The molecule has 0 bridgehead atoms. The minimum absolute atomic E-state index is 0.0375. The largest absolute Gasteiger partial charge is 0.349 e. The Morgan fingerprint density at radius 3 is 2.33 bits per heavy atom. The minimum atomic E-state index is -3.67. The first-order valence-corrected chi connectivity index (χ1v) is 4.85. The van der Waals surface area contributed by atoms with Crippen LogP contribution in [-0.4, -0.2) is 39.9 Å². The van der Waals surface area contributed by atoms with Crippen LogP contribution in [0.15, 0.2) is 0 Å². The van der Waals surface area contributed by atoms with E-state index >= 15 is 0 Å². The van der Waals surface area contributed by atoms with Gasteiger partial charge in [-0.1, -0.05) is 0 Å². The van der Waals surface area contributed by atoms with E-state index in [0.717, 1.165) is 0 Å². The summed E-state index contributed by atoms with van der Waals surface area (Å²) in [5.41, 5.74) is 0. The van der Waals surface area contributed by atoms with Gasteiger partial charge in [-0.3, -0.25) is 4.79 Å². The third-order valence-corrected chi connectivity index (χ3v) is 1.75. The summed E-state index contributed by atoms with van der Waals surface area (Å²) < 4.78 is 22.7. The van der Waals surface area contributed by atoms with E-state index in [1.54, 1.807) is 14.1 Å². The van der Waals surface area contributed by atoms with Gasteiger partial charge in [0.1, 0.15) is 0 Å². The van der Waals surface area contributed by atoms with Crippen molar-refractivity contribution in [1.82, 2.24) is 9.62 Å². The van der Waals surface area contributed by atoms with Crippen molar-refractivity contribution in [2.75, 3.05) is 20.6 Å². The SMILES string of the molecule is CN(C)C(=O)CCNS(N)(=O)=O. The predicted octanol–water partition coefficient (Wildman–Crippen LogP) is -1.74. The number of carbonyl (C=O) groups is 1. The van der Waals surface area contributed by atoms with Crippen molar-refractivity contribution in [3.63, 3.8) is 0 Å². The highest BCUT2D eigenvalue weighted by Crippen LogP contribution is 1.84. The highest BCUT2D eigenvalue weighted by atomic mass is 32.2. The van der Waals surface area contributed by atoms with Gasteiger partial charge in [-0.25, -0.2) is 9.86 Å². The number of amides is 1. The number of nitrogens with one attached hydrogen (secondary N) is 1. The average molecular weight is 195 g/mol. The standard InChI is InChI=1S/C5H13N3O3S/c1-8(2)5(9)3-4-7-12(6,10)11/h7H,3-4H2,1-2H3,(H2,6,10,11). The Bertz CT molecular complexity index is 247. The van der Waals surface area contributed by atoms with E-state index in [0.29, 0.717) is 0 Å². The molecule has 7 heteroatoms. The fraction of sp³-hybridized carbons (Fsp3) is 0.800. The van der Waals surface area contributed by atoms with Crippen LogP contribution < -0.4 is 9.86 Å². The van der Waals surface area contributed by atoms with Gasteiger partial charge in [-0.15, -0.1) is 0 Å². The maximum absolute atomic E-state index is 10.9. The number of nitrogens with zero attached hydrogens (tertiary/aromatic N) is 1. The van der Waals surface area contributed by atoms with Gasteiger partial charge in [-0.05, 0) is 0 Å². The number of nitrogens with two attached hydrogens (primary N) is 1. The van der Waals surface area contributed by atoms with Gasteiger partial charge >= 0.3 is 0 Å². The van der Waals surface area contributed by atoms with E-state index in [2.05, 4.69) is 5.14 Å². The zero-order valence-electron chi connectivity index (χ0n) is 7.07. The molecule has 0 aliphatic carbocycles. The van der Waals surface area contributed by atoms with E-state index < -0.39 is 10.2 Å². The van der Waals surface area contributed by atoms with Crippen LogP contribution in [-0.2, 0) is 15.0 Å². The van der Waals surface area contributed by atoms with Crippen molar-refractivity contribution in [3.05, 3.63) is 0 Å². The number of hydrogen-bond acceptors (Lipinski definition) is 3. The Labute approximate surface area is 71.9 Å². The molecule has 0 aromatic rings. The Morgan fingerprint density at radius 2 is 2.00 bits per heavy atom. The summed E-state index contributed by atoms with van der Waals surface area (Å²) in [6, 6.07) is 0. The maximum atomic E-state index is 10.9. The molecular weight excluding hydrogens is 182 g/mol. The second kappa shape index (κ2) is 4.39. The van der Waals surface area contributed by atoms with Crippen LogP contribution in [0.3, 0.4) is 0 Å². The lowest BCUT2D eigenvalue weighted by Crippen LogP contribution is -2.34. The molecule has 0 aliphatic rings. The molecule has 12 heavy (non-hydrogen) atoms. The van der Waals surface area contributed by atoms with Gasteiger partial charge in [0.2, 0.25) is 5.91 Å². The first-order chi connectivity index (χ1) is 5.33. The lowest BCUT2D eigenvalue weighted by molar-refractivity contribution is -0.128. The summed E-state index contributed by atoms with van der Waals surface area (Å²) in [5.74, 6) is -0.147. The fourth-order valence-electron chi connectivity index (χ4n) is 0.524. The molecular formula is C5H13N3O3S. The van der Waals surface area contributed by atoms with Gasteiger partial charge in [0.15, 0.2) is 0 Å². The summed E-state index contributed by atoms with van der Waals surface area (Å²) >= 11 is 0.